The maximum absolute atomic E-state index is 14.8. The zero-order valence-electron chi connectivity index (χ0n) is 30.9. The second kappa shape index (κ2) is 17.6. The third-order valence-corrected chi connectivity index (χ3v) is 10.9. The number of nitrogens with zero attached hydrogens (tertiary/aromatic N) is 3. The number of hydrogen-bond donors (Lipinski definition) is 2. The molecule has 1 aliphatic rings. The van der Waals surface area contributed by atoms with Crippen LogP contribution in [0.1, 0.15) is 92.1 Å². The second-order valence-electron chi connectivity index (χ2n) is 13.7. The fourth-order valence-corrected chi connectivity index (χ4v) is 7.50. The molecule has 3 aromatic rings. The number of likely N-dealkylation sites (N-methyl/N-ethyl adjacent to an activating group) is 1. The molecule has 3 heterocycles. The molecule has 1 aliphatic heterocycles. The van der Waals surface area contributed by atoms with Crippen molar-refractivity contribution >= 4 is 29.1 Å². The highest BCUT2D eigenvalue weighted by Gasteiger charge is 2.55. The van der Waals surface area contributed by atoms with E-state index in [9.17, 15) is 50.9 Å². The average molecular weight is 802 g/mol. The molecular formula is C38H45F6N3O7S. The number of rotatable bonds is 16. The molecule has 2 N–H and O–H groups in total. The Bertz CT molecular complexity index is 1800. The standard InChI is InChI=1S/C38H45F6N3O7S/c1-5-10-30-36(54-25-21-31(55-23-25)38(42,43)44,15-9-18-47(30)32(48)26-22-45-17-13-27(26)37(39,40)41)34(51)46(4)19-16-35(52,6-2)28-11-7-8-12-29(28)53-20-14-24(3)33(49)50/h7-8,11-13,17,21-24,30,52H,5-6,9-10,14-16,18-20H2,1-4H3,(H,49,50)/t24?,30-,35?,36+/m1/s1. The Morgan fingerprint density at radius 2 is 1.80 bits per heavy atom. The molecule has 302 valence electrons. The molecule has 1 saturated heterocycles. The van der Waals surface area contributed by atoms with Crippen LogP contribution in [0.25, 0.3) is 0 Å². The SMILES string of the molecule is CCC[C@H]1N(C(=O)c2cnccc2C(F)(F)F)CCC[C@@]1(Oc1csc(C(F)(F)F)c1)C(=O)N(C)CCC(O)(CC)c1ccccc1OCCC(C)C(=O)O. The lowest BCUT2D eigenvalue weighted by molar-refractivity contribution is -0.158. The highest BCUT2D eigenvalue weighted by molar-refractivity contribution is 7.10. The van der Waals surface area contributed by atoms with Crippen LogP contribution in [0.5, 0.6) is 11.5 Å². The van der Waals surface area contributed by atoms with E-state index in [0.29, 0.717) is 35.1 Å². The predicted octanol–water partition coefficient (Wildman–Crippen LogP) is 8.04. The normalized spacial score (nSPS) is 19.3. The van der Waals surface area contributed by atoms with Gasteiger partial charge in [0.2, 0.25) is 5.60 Å². The Hall–Kier alpha value is -4.38. The van der Waals surface area contributed by atoms with Gasteiger partial charge in [-0.15, -0.1) is 11.3 Å². The van der Waals surface area contributed by atoms with Crippen molar-refractivity contribution in [3.8, 4) is 11.5 Å². The van der Waals surface area contributed by atoms with E-state index in [4.69, 9.17) is 9.47 Å². The topological polar surface area (TPSA) is 130 Å². The number of carbonyl (C=O) groups excluding carboxylic acids is 2. The van der Waals surface area contributed by atoms with Crippen LogP contribution in [0, 0.1) is 5.92 Å². The zero-order chi connectivity index (χ0) is 40.8. The van der Waals surface area contributed by atoms with Gasteiger partial charge in [0.25, 0.3) is 11.8 Å². The van der Waals surface area contributed by atoms with Gasteiger partial charge < -0.3 is 29.5 Å². The number of halogens is 6. The number of ether oxygens (including phenoxy) is 2. The first-order chi connectivity index (χ1) is 25.8. The number of pyridine rings is 1. The first kappa shape index (κ1) is 43.3. The van der Waals surface area contributed by atoms with E-state index in [1.807, 2.05) is 0 Å². The number of thiophene rings is 1. The predicted molar refractivity (Wildman–Crippen MR) is 191 cm³/mol. The fraction of sp³-hybridized carbons (Fsp3) is 0.526. The summed E-state index contributed by atoms with van der Waals surface area (Å²) in [6.45, 7) is 4.87. The molecule has 0 aliphatic carbocycles. The minimum atomic E-state index is -4.91. The van der Waals surface area contributed by atoms with Crippen molar-refractivity contribution in [2.75, 3.05) is 26.7 Å². The van der Waals surface area contributed by atoms with Crippen LogP contribution < -0.4 is 9.47 Å². The van der Waals surface area contributed by atoms with Gasteiger partial charge in [0.1, 0.15) is 16.4 Å². The highest BCUT2D eigenvalue weighted by atomic mass is 32.1. The summed E-state index contributed by atoms with van der Waals surface area (Å²) in [5.41, 5.74) is -5.18. The summed E-state index contributed by atoms with van der Waals surface area (Å²) in [4.78, 5) is 45.2. The van der Waals surface area contributed by atoms with Crippen molar-refractivity contribution in [2.45, 2.75) is 95.3 Å². The number of likely N-dealkylation sites (tertiary alicyclic amines) is 1. The number of aliphatic hydroxyl groups is 1. The Morgan fingerprint density at radius 3 is 2.42 bits per heavy atom. The molecular weight excluding hydrogens is 756 g/mol. The summed E-state index contributed by atoms with van der Waals surface area (Å²) in [6.07, 6.45) is -7.26. The molecule has 1 fully saturated rings. The molecule has 4 atom stereocenters. The highest BCUT2D eigenvalue weighted by Crippen LogP contribution is 2.43. The number of carboxylic acids is 1. The average Bonchev–Trinajstić information content (AvgIpc) is 3.63. The monoisotopic (exact) mass is 801 g/mol. The van der Waals surface area contributed by atoms with Gasteiger partial charge in [-0.2, -0.15) is 26.3 Å². The zero-order valence-corrected chi connectivity index (χ0v) is 31.7. The van der Waals surface area contributed by atoms with Crippen LogP contribution in [0.3, 0.4) is 0 Å². The van der Waals surface area contributed by atoms with E-state index in [1.165, 1.54) is 11.9 Å². The van der Waals surface area contributed by atoms with Crippen LogP contribution in [0.15, 0.2) is 54.2 Å². The van der Waals surface area contributed by atoms with Gasteiger partial charge >= 0.3 is 18.3 Å². The lowest BCUT2D eigenvalue weighted by Crippen LogP contribution is -2.67. The molecule has 0 saturated carbocycles. The van der Waals surface area contributed by atoms with Crippen LogP contribution in [0.2, 0.25) is 0 Å². The molecule has 55 heavy (non-hydrogen) atoms. The summed E-state index contributed by atoms with van der Waals surface area (Å²) >= 11 is 0.348. The summed E-state index contributed by atoms with van der Waals surface area (Å²) in [5.74, 6) is -3.42. The molecule has 4 rings (SSSR count). The van der Waals surface area contributed by atoms with Crippen molar-refractivity contribution in [1.82, 2.24) is 14.8 Å². The van der Waals surface area contributed by atoms with E-state index in [-0.39, 0.29) is 64.0 Å². The number of amides is 2. The minimum Gasteiger partial charge on any atom is -0.493 e. The molecule has 0 radical (unpaired) electrons. The van der Waals surface area contributed by atoms with Crippen molar-refractivity contribution in [3.63, 3.8) is 0 Å². The van der Waals surface area contributed by atoms with E-state index in [1.54, 1.807) is 45.0 Å². The quantitative estimate of drug-likeness (QED) is 0.139. The van der Waals surface area contributed by atoms with Gasteiger partial charge in [-0.3, -0.25) is 19.4 Å². The van der Waals surface area contributed by atoms with E-state index in [0.717, 1.165) is 28.7 Å². The maximum Gasteiger partial charge on any atom is 0.425 e. The molecule has 2 unspecified atom stereocenters. The Kier molecular flexibility index (Phi) is 13.9. The molecule has 0 spiro atoms. The fourth-order valence-electron chi connectivity index (χ4n) is 6.83. The summed E-state index contributed by atoms with van der Waals surface area (Å²) in [6, 6.07) is 6.86. The van der Waals surface area contributed by atoms with Crippen molar-refractivity contribution < 1.29 is 60.4 Å². The first-order valence-electron chi connectivity index (χ1n) is 17.9. The summed E-state index contributed by atoms with van der Waals surface area (Å²) < 4.78 is 95.3. The van der Waals surface area contributed by atoms with Gasteiger partial charge in [-0.1, -0.05) is 45.4 Å². The van der Waals surface area contributed by atoms with Crippen molar-refractivity contribution in [1.29, 1.82) is 0 Å². The first-order valence-corrected chi connectivity index (χ1v) is 18.8. The number of carbonyl (C=O) groups is 3. The van der Waals surface area contributed by atoms with Crippen LogP contribution in [0.4, 0.5) is 26.3 Å². The van der Waals surface area contributed by atoms with Crippen LogP contribution in [-0.2, 0) is 27.5 Å². The number of para-hydroxylation sites is 1. The van der Waals surface area contributed by atoms with Crippen LogP contribution >= 0.6 is 11.3 Å². The molecule has 2 amide bonds. The number of hydrogen-bond acceptors (Lipinski definition) is 8. The van der Waals surface area contributed by atoms with Crippen molar-refractivity contribution in [3.05, 3.63) is 75.7 Å². The third kappa shape index (κ3) is 9.90. The summed E-state index contributed by atoms with van der Waals surface area (Å²) in [7, 11) is 1.42. The number of alkyl halides is 6. The second-order valence-corrected chi connectivity index (χ2v) is 14.6. The van der Waals surface area contributed by atoms with Gasteiger partial charge in [-0.25, -0.2) is 0 Å². The van der Waals surface area contributed by atoms with E-state index < -0.39 is 69.3 Å². The largest absolute Gasteiger partial charge is 0.493 e. The van der Waals surface area contributed by atoms with E-state index in [2.05, 4.69) is 4.98 Å². The van der Waals surface area contributed by atoms with Gasteiger partial charge in [0.05, 0.1) is 35.3 Å². The molecule has 2 aromatic heterocycles. The number of aliphatic carboxylic acids is 1. The lowest BCUT2D eigenvalue weighted by Gasteiger charge is -2.49. The smallest absolute Gasteiger partial charge is 0.425 e. The molecule has 17 heteroatoms. The Morgan fingerprint density at radius 1 is 1.09 bits per heavy atom. The number of benzene rings is 1. The Labute approximate surface area is 319 Å². The maximum atomic E-state index is 14.8. The van der Waals surface area contributed by atoms with Crippen LogP contribution in [-0.4, -0.2) is 81.2 Å². The van der Waals surface area contributed by atoms with Crippen molar-refractivity contribution in [2.24, 2.45) is 5.92 Å². The lowest BCUT2D eigenvalue weighted by atomic mass is 9.79. The minimum absolute atomic E-state index is 0.0489. The molecule has 1 aromatic carbocycles. The number of aromatic nitrogens is 1. The molecule has 0 bridgehead atoms. The third-order valence-electron chi connectivity index (χ3n) is 9.97. The van der Waals surface area contributed by atoms with Gasteiger partial charge in [0.15, 0.2) is 0 Å². The van der Waals surface area contributed by atoms with E-state index >= 15 is 0 Å². The number of piperidine rings is 1. The molecule has 10 nitrogen and oxygen atoms in total. The van der Waals surface area contributed by atoms with Gasteiger partial charge in [-0.05, 0) is 44.2 Å². The summed E-state index contributed by atoms with van der Waals surface area (Å²) in [5, 5.41) is 22.3. The van der Waals surface area contributed by atoms with Gasteiger partial charge in [0, 0.05) is 56.0 Å². The Balaban J connectivity index is 1.71. The number of carboxylic acid groups (broad SMARTS) is 1.